The monoisotopic (exact) mass is 406 g/mol. The highest BCUT2D eigenvalue weighted by Crippen LogP contribution is 2.31. The summed E-state index contributed by atoms with van der Waals surface area (Å²) in [5.74, 6) is -1.68. The minimum atomic E-state index is -2.70. The summed E-state index contributed by atoms with van der Waals surface area (Å²) in [5.41, 5.74) is 2.18. The molecule has 148 valence electrons. The van der Waals surface area contributed by atoms with Gasteiger partial charge in [0.1, 0.15) is 11.3 Å². The molecule has 0 aliphatic carbocycles. The number of hydrogen-bond acceptors (Lipinski definition) is 5. The first-order valence-corrected chi connectivity index (χ1v) is 9.49. The Hall–Kier alpha value is -2.35. The average molecular weight is 407 g/mol. The second-order valence-corrected chi connectivity index (χ2v) is 8.55. The van der Waals surface area contributed by atoms with E-state index in [-0.39, 0.29) is 24.9 Å². The van der Waals surface area contributed by atoms with Crippen LogP contribution in [0.15, 0.2) is 18.3 Å². The van der Waals surface area contributed by atoms with Gasteiger partial charge in [-0.2, -0.15) is 4.98 Å². The van der Waals surface area contributed by atoms with E-state index in [1.165, 1.54) is 0 Å². The van der Waals surface area contributed by atoms with Gasteiger partial charge in [-0.15, -0.1) is 0 Å². The summed E-state index contributed by atoms with van der Waals surface area (Å²) in [7, 11) is 0. The largest absolute Gasteiger partial charge is 0.336 e. The van der Waals surface area contributed by atoms with Crippen molar-refractivity contribution >= 4 is 28.7 Å². The summed E-state index contributed by atoms with van der Waals surface area (Å²) in [6.45, 7) is 5.93. The van der Waals surface area contributed by atoms with E-state index in [9.17, 15) is 8.78 Å². The Balaban J connectivity index is 1.81. The molecule has 3 aromatic rings. The van der Waals surface area contributed by atoms with Crippen molar-refractivity contribution in [2.75, 3.05) is 18.0 Å². The minimum absolute atomic E-state index is 0.181. The molecule has 0 bridgehead atoms. The van der Waals surface area contributed by atoms with Gasteiger partial charge in [0.15, 0.2) is 5.65 Å². The van der Waals surface area contributed by atoms with Crippen LogP contribution >= 0.6 is 11.6 Å². The summed E-state index contributed by atoms with van der Waals surface area (Å²) < 4.78 is 27.3. The Labute approximate surface area is 166 Å². The van der Waals surface area contributed by atoms with Gasteiger partial charge < -0.3 is 9.88 Å². The minimum Gasteiger partial charge on any atom is -0.336 e. The number of halogens is 3. The summed E-state index contributed by atoms with van der Waals surface area (Å²) in [4.78, 5) is 22.8. The van der Waals surface area contributed by atoms with Crippen LogP contribution in [0.2, 0.25) is 5.02 Å². The Morgan fingerprint density at radius 3 is 2.64 bits per heavy atom. The van der Waals surface area contributed by atoms with E-state index in [2.05, 4.69) is 19.9 Å². The van der Waals surface area contributed by atoms with Crippen molar-refractivity contribution in [3.8, 4) is 0 Å². The van der Waals surface area contributed by atoms with E-state index in [1.807, 2.05) is 20.8 Å². The number of H-pyrrole nitrogens is 1. The number of nitrogens with zero attached hydrogens (tertiary/aromatic N) is 5. The third kappa shape index (κ3) is 3.65. The molecule has 0 aromatic carbocycles. The highest BCUT2D eigenvalue weighted by molar-refractivity contribution is 6.31. The molecule has 1 saturated heterocycles. The molecule has 1 aliphatic heterocycles. The molecule has 0 amide bonds. The molecule has 0 atom stereocenters. The fourth-order valence-electron chi connectivity index (χ4n) is 3.18. The maximum atomic E-state index is 13.6. The molecule has 3 aromatic heterocycles. The van der Waals surface area contributed by atoms with Gasteiger partial charge in [0.2, 0.25) is 5.95 Å². The smallest absolute Gasteiger partial charge is 0.267 e. The summed E-state index contributed by atoms with van der Waals surface area (Å²) in [5, 5.41) is 0.547. The van der Waals surface area contributed by atoms with Crippen molar-refractivity contribution < 1.29 is 8.78 Å². The van der Waals surface area contributed by atoms with Crippen molar-refractivity contribution in [3.63, 3.8) is 0 Å². The number of anilines is 1. The van der Waals surface area contributed by atoms with Crippen LogP contribution < -0.4 is 4.90 Å². The molecule has 4 rings (SSSR count). The van der Waals surface area contributed by atoms with E-state index in [0.29, 0.717) is 45.8 Å². The quantitative estimate of drug-likeness (QED) is 0.708. The molecule has 4 heterocycles. The number of hydrogen-bond donors (Lipinski definition) is 1. The third-order valence-electron chi connectivity index (χ3n) is 4.72. The molecule has 9 heteroatoms. The van der Waals surface area contributed by atoms with Crippen molar-refractivity contribution in [1.29, 1.82) is 0 Å². The Morgan fingerprint density at radius 1 is 1.21 bits per heavy atom. The van der Waals surface area contributed by atoms with Crippen LogP contribution in [0.4, 0.5) is 14.7 Å². The molecule has 0 unspecified atom stereocenters. The lowest BCUT2D eigenvalue weighted by Crippen LogP contribution is -2.25. The zero-order chi connectivity index (χ0) is 20.1. The van der Waals surface area contributed by atoms with E-state index in [1.54, 1.807) is 23.2 Å². The Morgan fingerprint density at radius 2 is 2.00 bits per heavy atom. The van der Waals surface area contributed by atoms with Crippen molar-refractivity contribution in [3.05, 3.63) is 40.6 Å². The molecule has 1 N–H and O–H groups in total. The van der Waals surface area contributed by atoms with Gasteiger partial charge in [0.25, 0.3) is 5.92 Å². The Bertz CT molecular complexity index is 1030. The Kier molecular flexibility index (Phi) is 4.49. The number of fused-ring (bicyclic) bond motifs is 1. The molecule has 1 fully saturated rings. The molecule has 0 spiro atoms. The van der Waals surface area contributed by atoms with Crippen molar-refractivity contribution in [1.82, 2.24) is 24.9 Å². The van der Waals surface area contributed by atoms with Crippen LogP contribution in [0, 0.1) is 0 Å². The lowest BCUT2D eigenvalue weighted by atomic mass is 9.95. The molecule has 0 saturated carbocycles. The highest BCUT2D eigenvalue weighted by atomic mass is 35.5. The predicted octanol–water partition coefficient (Wildman–Crippen LogP) is 4.14. The fourth-order valence-corrected chi connectivity index (χ4v) is 3.37. The molecular weight excluding hydrogens is 386 g/mol. The zero-order valence-electron chi connectivity index (χ0n) is 15.9. The topological polar surface area (TPSA) is 70.6 Å². The van der Waals surface area contributed by atoms with E-state index in [4.69, 9.17) is 16.6 Å². The second-order valence-electron chi connectivity index (χ2n) is 8.14. The highest BCUT2D eigenvalue weighted by Gasteiger charge is 2.39. The van der Waals surface area contributed by atoms with Gasteiger partial charge >= 0.3 is 0 Å². The van der Waals surface area contributed by atoms with Gasteiger partial charge in [0.05, 0.1) is 23.0 Å². The van der Waals surface area contributed by atoms with Gasteiger partial charge in [-0.1, -0.05) is 32.4 Å². The second kappa shape index (κ2) is 6.62. The molecule has 1 aliphatic rings. The summed E-state index contributed by atoms with van der Waals surface area (Å²) in [6, 6.07) is 3.54. The maximum absolute atomic E-state index is 13.6. The van der Waals surface area contributed by atoms with Crippen LogP contribution in [-0.2, 0) is 11.8 Å². The lowest BCUT2D eigenvalue weighted by Gasteiger charge is -2.17. The summed E-state index contributed by atoms with van der Waals surface area (Å²) >= 11 is 6.27. The first kappa shape index (κ1) is 19.0. The first-order chi connectivity index (χ1) is 13.1. The van der Waals surface area contributed by atoms with Gasteiger partial charge in [0, 0.05) is 31.0 Å². The van der Waals surface area contributed by atoms with E-state index < -0.39 is 5.92 Å². The predicted molar refractivity (Wildman–Crippen MR) is 104 cm³/mol. The SMILES string of the molecule is CC(C)(C)c1nc(Cc2ncccc2Cl)c2[nH]c(N3CCC(F)(F)C3)nc2n1. The van der Waals surface area contributed by atoms with E-state index >= 15 is 0 Å². The van der Waals surface area contributed by atoms with Gasteiger partial charge in [-0.05, 0) is 12.1 Å². The van der Waals surface area contributed by atoms with Crippen LogP contribution in [0.25, 0.3) is 11.2 Å². The number of alkyl halides is 2. The number of imidazole rings is 1. The number of rotatable bonds is 3. The lowest BCUT2D eigenvalue weighted by molar-refractivity contribution is 0.0256. The summed E-state index contributed by atoms with van der Waals surface area (Å²) in [6.07, 6.45) is 1.88. The standard InChI is InChI=1S/C19H21ClF2N6/c1-18(2,3)16-24-13(9-12-11(20)5-4-7-23-12)14-15(26-16)27-17(25-14)28-8-6-19(21,22)10-28/h4-5,7H,6,8-10H2,1-3H3,(H,24,25,26,27). The van der Waals surface area contributed by atoms with Crippen molar-refractivity contribution in [2.45, 2.75) is 45.0 Å². The molecule has 6 nitrogen and oxygen atoms in total. The molecule has 28 heavy (non-hydrogen) atoms. The zero-order valence-corrected chi connectivity index (χ0v) is 16.7. The molecule has 0 radical (unpaired) electrons. The average Bonchev–Trinajstić information content (AvgIpc) is 3.19. The van der Waals surface area contributed by atoms with Crippen molar-refractivity contribution in [2.24, 2.45) is 0 Å². The third-order valence-corrected chi connectivity index (χ3v) is 5.07. The van der Waals surface area contributed by atoms with Crippen LogP contribution in [-0.4, -0.2) is 43.9 Å². The number of aromatic amines is 1. The molecular formula is C19H21ClF2N6. The van der Waals surface area contributed by atoms with Gasteiger partial charge in [-0.3, -0.25) is 4.98 Å². The fraction of sp³-hybridized carbons (Fsp3) is 0.474. The van der Waals surface area contributed by atoms with Crippen LogP contribution in [0.3, 0.4) is 0 Å². The van der Waals surface area contributed by atoms with Gasteiger partial charge in [-0.25, -0.2) is 18.7 Å². The number of pyridine rings is 1. The van der Waals surface area contributed by atoms with Crippen LogP contribution in [0.5, 0.6) is 0 Å². The normalized spacial score (nSPS) is 16.9. The number of nitrogens with one attached hydrogen (secondary N) is 1. The maximum Gasteiger partial charge on any atom is 0.267 e. The van der Waals surface area contributed by atoms with Crippen LogP contribution in [0.1, 0.15) is 44.4 Å². The first-order valence-electron chi connectivity index (χ1n) is 9.12. The van der Waals surface area contributed by atoms with E-state index in [0.717, 1.165) is 0 Å². The number of aromatic nitrogens is 5.